The SMILES string of the molecule is CC(C)(C)OC(=O)C(=Cc1ccc(F)cc1)n1ccnc1. The van der Waals surface area contributed by atoms with Crippen LogP contribution in [0.5, 0.6) is 0 Å². The lowest BCUT2D eigenvalue weighted by Gasteiger charge is -2.20. The Morgan fingerprint density at radius 1 is 1.29 bits per heavy atom. The Balaban J connectivity index is 2.37. The van der Waals surface area contributed by atoms with E-state index in [1.807, 2.05) is 0 Å². The average Bonchev–Trinajstić information content (AvgIpc) is 2.89. The third kappa shape index (κ3) is 4.27. The monoisotopic (exact) mass is 288 g/mol. The summed E-state index contributed by atoms with van der Waals surface area (Å²) in [5, 5.41) is 0. The zero-order valence-corrected chi connectivity index (χ0v) is 12.2. The lowest BCUT2D eigenvalue weighted by Crippen LogP contribution is -2.25. The molecule has 0 N–H and O–H groups in total. The molecule has 0 bridgehead atoms. The van der Waals surface area contributed by atoms with Crippen LogP contribution < -0.4 is 0 Å². The van der Waals surface area contributed by atoms with Gasteiger partial charge in [0, 0.05) is 12.4 Å². The Morgan fingerprint density at radius 3 is 2.48 bits per heavy atom. The molecule has 0 unspecified atom stereocenters. The van der Waals surface area contributed by atoms with E-state index in [0.29, 0.717) is 11.3 Å². The van der Waals surface area contributed by atoms with Gasteiger partial charge in [-0.15, -0.1) is 0 Å². The average molecular weight is 288 g/mol. The molecule has 0 aliphatic carbocycles. The molecule has 4 nitrogen and oxygen atoms in total. The first-order valence-electron chi connectivity index (χ1n) is 6.54. The van der Waals surface area contributed by atoms with Crippen LogP contribution in [-0.4, -0.2) is 21.1 Å². The molecule has 0 aliphatic rings. The molecule has 0 amide bonds. The number of nitrogens with zero attached hydrogens (tertiary/aromatic N) is 2. The predicted molar refractivity (Wildman–Crippen MR) is 78.6 cm³/mol. The number of aromatic nitrogens is 2. The van der Waals surface area contributed by atoms with Crippen molar-refractivity contribution in [1.82, 2.24) is 9.55 Å². The number of hydrogen-bond donors (Lipinski definition) is 0. The van der Waals surface area contributed by atoms with Gasteiger partial charge in [0.1, 0.15) is 17.1 Å². The quantitative estimate of drug-likeness (QED) is 0.642. The molecule has 0 saturated carbocycles. The molecule has 0 radical (unpaired) electrons. The smallest absolute Gasteiger partial charge is 0.355 e. The van der Waals surface area contributed by atoms with E-state index >= 15 is 0 Å². The van der Waals surface area contributed by atoms with Gasteiger partial charge in [-0.1, -0.05) is 12.1 Å². The summed E-state index contributed by atoms with van der Waals surface area (Å²) < 4.78 is 19.9. The molecule has 1 aromatic heterocycles. The summed E-state index contributed by atoms with van der Waals surface area (Å²) in [4.78, 5) is 16.2. The second-order valence-electron chi connectivity index (χ2n) is 5.55. The number of esters is 1. The molecule has 1 heterocycles. The first-order valence-corrected chi connectivity index (χ1v) is 6.54. The van der Waals surface area contributed by atoms with Crippen LogP contribution in [0, 0.1) is 5.82 Å². The minimum atomic E-state index is -0.598. The Labute approximate surface area is 122 Å². The van der Waals surface area contributed by atoms with Crippen molar-refractivity contribution in [2.24, 2.45) is 0 Å². The van der Waals surface area contributed by atoms with Gasteiger partial charge in [-0.25, -0.2) is 14.2 Å². The Kier molecular flexibility index (Phi) is 4.21. The summed E-state index contributed by atoms with van der Waals surface area (Å²) in [6.07, 6.45) is 6.37. The van der Waals surface area contributed by atoms with Crippen LogP contribution in [0.4, 0.5) is 4.39 Å². The van der Waals surface area contributed by atoms with Crippen LogP contribution in [-0.2, 0) is 9.53 Å². The van der Waals surface area contributed by atoms with Crippen molar-refractivity contribution in [3.8, 4) is 0 Å². The third-order valence-corrected chi connectivity index (χ3v) is 2.56. The lowest BCUT2D eigenvalue weighted by molar-refractivity contribution is -0.147. The Bertz CT molecular complexity index is 638. The van der Waals surface area contributed by atoms with Crippen LogP contribution >= 0.6 is 0 Å². The molecule has 5 heteroatoms. The molecular formula is C16H17FN2O2. The van der Waals surface area contributed by atoms with E-state index in [1.165, 1.54) is 18.5 Å². The summed E-state index contributed by atoms with van der Waals surface area (Å²) in [7, 11) is 0. The molecule has 0 spiro atoms. The van der Waals surface area contributed by atoms with Gasteiger partial charge in [0.2, 0.25) is 0 Å². The minimum absolute atomic E-state index is 0.314. The van der Waals surface area contributed by atoms with Gasteiger partial charge in [0.25, 0.3) is 0 Å². The van der Waals surface area contributed by atoms with Crippen LogP contribution in [0.1, 0.15) is 26.3 Å². The number of halogens is 1. The number of carbonyl (C=O) groups excluding carboxylic acids is 1. The van der Waals surface area contributed by atoms with E-state index in [4.69, 9.17) is 4.74 Å². The molecular weight excluding hydrogens is 271 g/mol. The largest absolute Gasteiger partial charge is 0.455 e. The molecule has 0 fully saturated rings. The highest BCUT2D eigenvalue weighted by Gasteiger charge is 2.21. The third-order valence-electron chi connectivity index (χ3n) is 2.56. The highest BCUT2D eigenvalue weighted by molar-refractivity contribution is 6.15. The number of carbonyl (C=O) groups is 1. The van der Waals surface area contributed by atoms with E-state index in [-0.39, 0.29) is 5.82 Å². The summed E-state index contributed by atoms with van der Waals surface area (Å²) in [5.74, 6) is -0.793. The summed E-state index contributed by atoms with van der Waals surface area (Å²) in [5.41, 5.74) is 0.416. The van der Waals surface area contributed by atoms with Crippen molar-refractivity contribution in [3.05, 3.63) is 54.4 Å². The summed E-state index contributed by atoms with van der Waals surface area (Å²) >= 11 is 0. The zero-order chi connectivity index (χ0) is 15.5. The molecule has 0 saturated heterocycles. The standard InChI is InChI=1S/C16H17FN2O2/c1-16(2,3)21-15(20)14(19-9-8-18-11-19)10-12-4-6-13(17)7-5-12/h4-11H,1-3H3. The van der Waals surface area contributed by atoms with Crippen molar-refractivity contribution in [3.63, 3.8) is 0 Å². The maximum Gasteiger partial charge on any atom is 0.355 e. The molecule has 21 heavy (non-hydrogen) atoms. The van der Waals surface area contributed by atoms with Gasteiger partial charge in [0.15, 0.2) is 0 Å². The van der Waals surface area contributed by atoms with E-state index in [9.17, 15) is 9.18 Å². The van der Waals surface area contributed by atoms with E-state index in [0.717, 1.165) is 0 Å². The fourth-order valence-electron chi connectivity index (χ4n) is 1.69. The zero-order valence-electron chi connectivity index (χ0n) is 12.2. The van der Waals surface area contributed by atoms with Crippen molar-refractivity contribution in [2.45, 2.75) is 26.4 Å². The Morgan fingerprint density at radius 2 is 1.95 bits per heavy atom. The van der Waals surface area contributed by atoms with Crippen LogP contribution in [0.15, 0.2) is 43.0 Å². The highest BCUT2D eigenvalue weighted by Crippen LogP contribution is 2.17. The van der Waals surface area contributed by atoms with Gasteiger partial charge >= 0.3 is 5.97 Å². The van der Waals surface area contributed by atoms with Crippen molar-refractivity contribution >= 4 is 17.7 Å². The number of rotatable bonds is 3. The van der Waals surface area contributed by atoms with Gasteiger partial charge in [0.05, 0.1) is 6.33 Å². The maximum absolute atomic E-state index is 13.0. The fraction of sp³-hybridized carbons (Fsp3) is 0.250. The normalized spacial score (nSPS) is 12.3. The lowest BCUT2D eigenvalue weighted by atomic mass is 10.1. The molecule has 1 aromatic carbocycles. The second-order valence-corrected chi connectivity index (χ2v) is 5.55. The van der Waals surface area contributed by atoms with E-state index in [2.05, 4.69) is 4.98 Å². The number of ether oxygens (including phenoxy) is 1. The van der Waals surface area contributed by atoms with Gasteiger partial charge < -0.3 is 4.74 Å². The van der Waals surface area contributed by atoms with E-state index < -0.39 is 11.6 Å². The number of benzene rings is 1. The van der Waals surface area contributed by atoms with Crippen LogP contribution in [0.2, 0.25) is 0 Å². The fourth-order valence-corrected chi connectivity index (χ4v) is 1.69. The van der Waals surface area contributed by atoms with Crippen LogP contribution in [0.3, 0.4) is 0 Å². The second kappa shape index (κ2) is 5.91. The first-order chi connectivity index (χ1) is 9.85. The summed E-state index contributed by atoms with van der Waals surface area (Å²) in [6.45, 7) is 5.40. The molecule has 2 rings (SSSR count). The highest BCUT2D eigenvalue weighted by atomic mass is 19.1. The van der Waals surface area contributed by atoms with E-state index in [1.54, 1.807) is 55.9 Å². The molecule has 0 aliphatic heterocycles. The Hall–Kier alpha value is -2.43. The molecule has 2 aromatic rings. The predicted octanol–water partition coefficient (Wildman–Crippen LogP) is 3.36. The summed E-state index contributed by atoms with van der Waals surface area (Å²) in [6, 6.07) is 5.87. The first kappa shape index (κ1) is 15.0. The van der Waals surface area contributed by atoms with Gasteiger partial charge in [-0.2, -0.15) is 0 Å². The maximum atomic E-state index is 13.0. The number of imidazole rings is 1. The minimum Gasteiger partial charge on any atom is -0.455 e. The molecule has 110 valence electrons. The van der Waals surface area contributed by atoms with Gasteiger partial charge in [-0.05, 0) is 44.5 Å². The van der Waals surface area contributed by atoms with Gasteiger partial charge in [-0.3, -0.25) is 4.57 Å². The van der Waals surface area contributed by atoms with Crippen molar-refractivity contribution in [2.75, 3.05) is 0 Å². The van der Waals surface area contributed by atoms with Crippen molar-refractivity contribution in [1.29, 1.82) is 0 Å². The topological polar surface area (TPSA) is 44.1 Å². The number of hydrogen-bond acceptors (Lipinski definition) is 3. The molecule has 0 atom stereocenters. The van der Waals surface area contributed by atoms with Crippen LogP contribution in [0.25, 0.3) is 11.8 Å². The van der Waals surface area contributed by atoms with Crippen molar-refractivity contribution < 1.29 is 13.9 Å².